The first-order chi connectivity index (χ1) is 17.7. The zero-order chi connectivity index (χ0) is 26.6. The number of nitrogens with zero attached hydrogens (tertiary/aromatic N) is 2. The number of nitrogens with one attached hydrogen (secondary N) is 2. The Bertz CT molecular complexity index is 1400. The molecule has 0 aliphatic carbocycles. The van der Waals surface area contributed by atoms with Crippen molar-refractivity contribution in [2.75, 3.05) is 26.7 Å². The summed E-state index contributed by atoms with van der Waals surface area (Å²) in [5, 5.41) is 2.59. The SMILES string of the molecule is COc1c(-c2ccccn2)cc(F)cc1S(=O)(=O)N[C@@H](CNC(=O)c1ccc(Cl)s1)C(=O)N1CCCC1. The van der Waals surface area contributed by atoms with Gasteiger partial charge in [0.2, 0.25) is 15.9 Å². The molecule has 1 aromatic carbocycles. The molecule has 37 heavy (non-hydrogen) atoms. The third-order valence-electron chi connectivity index (χ3n) is 5.73. The fraction of sp³-hybridized carbons (Fsp3) is 0.292. The first kappa shape index (κ1) is 27.0. The van der Waals surface area contributed by atoms with Crippen LogP contribution >= 0.6 is 22.9 Å². The second-order valence-electron chi connectivity index (χ2n) is 8.22. The molecule has 2 amide bonds. The molecule has 1 saturated heterocycles. The van der Waals surface area contributed by atoms with Crippen LogP contribution in [0.25, 0.3) is 11.3 Å². The van der Waals surface area contributed by atoms with E-state index in [0.29, 0.717) is 28.0 Å². The fourth-order valence-corrected chi connectivity index (χ4v) is 6.35. The minimum absolute atomic E-state index is 0.128. The van der Waals surface area contributed by atoms with E-state index in [9.17, 15) is 22.4 Å². The monoisotopic (exact) mass is 566 g/mol. The van der Waals surface area contributed by atoms with Gasteiger partial charge in [-0.15, -0.1) is 11.3 Å². The van der Waals surface area contributed by atoms with Crippen molar-refractivity contribution < 1.29 is 27.1 Å². The summed E-state index contributed by atoms with van der Waals surface area (Å²) >= 11 is 6.95. The molecule has 0 radical (unpaired) electrons. The number of pyridine rings is 1. The number of benzene rings is 1. The lowest BCUT2D eigenvalue weighted by Gasteiger charge is -2.25. The standard InChI is InChI=1S/C24H24ClFN4O5S2/c1-35-22-16(17-6-2-3-9-27-17)12-15(26)13-20(22)37(33,34)29-18(24(32)30-10-4-5-11-30)14-28-23(31)19-7-8-21(25)36-19/h2-3,6-9,12-13,18,29H,4-5,10-11,14H2,1H3,(H,28,31)/t18-/m0/s1. The number of carbonyl (C=O) groups is 2. The average molecular weight is 567 g/mol. The van der Waals surface area contributed by atoms with Crippen molar-refractivity contribution >= 4 is 44.8 Å². The smallest absolute Gasteiger partial charge is 0.261 e. The molecule has 1 atom stereocenters. The summed E-state index contributed by atoms with van der Waals surface area (Å²) in [6, 6.07) is 8.62. The van der Waals surface area contributed by atoms with Crippen molar-refractivity contribution in [3.8, 4) is 17.0 Å². The highest BCUT2D eigenvalue weighted by atomic mass is 35.5. The lowest BCUT2D eigenvalue weighted by molar-refractivity contribution is -0.131. The largest absolute Gasteiger partial charge is 0.495 e. The number of rotatable bonds is 9. The number of carbonyl (C=O) groups excluding carboxylic acids is 2. The average Bonchev–Trinajstić information content (AvgIpc) is 3.58. The molecular formula is C24H24ClFN4O5S2. The Kier molecular flexibility index (Phi) is 8.42. The molecule has 1 fully saturated rings. The van der Waals surface area contributed by atoms with Gasteiger partial charge in [-0.05, 0) is 49.2 Å². The van der Waals surface area contributed by atoms with E-state index in [1.807, 2.05) is 0 Å². The van der Waals surface area contributed by atoms with Gasteiger partial charge in [0.05, 0.1) is 22.0 Å². The molecule has 0 saturated carbocycles. The van der Waals surface area contributed by atoms with Crippen LogP contribution in [0.2, 0.25) is 4.34 Å². The molecule has 13 heteroatoms. The van der Waals surface area contributed by atoms with Crippen LogP contribution in [0.3, 0.4) is 0 Å². The number of ether oxygens (including phenoxy) is 1. The lowest BCUT2D eigenvalue weighted by Crippen LogP contribution is -2.53. The lowest BCUT2D eigenvalue weighted by atomic mass is 10.1. The summed E-state index contributed by atoms with van der Waals surface area (Å²) < 4.78 is 49.8. The zero-order valence-corrected chi connectivity index (χ0v) is 22.1. The van der Waals surface area contributed by atoms with Crippen molar-refractivity contribution in [1.29, 1.82) is 0 Å². The molecule has 4 rings (SSSR count). The molecule has 3 aromatic rings. The zero-order valence-electron chi connectivity index (χ0n) is 19.7. The summed E-state index contributed by atoms with van der Waals surface area (Å²) in [5.74, 6) is -1.95. The van der Waals surface area contributed by atoms with E-state index in [-0.39, 0.29) is 17.9 Å². The summed E-state index contributed by atoms with van der Waals surface area (Å²) in [4.78, 5) is 31.3. The maximum Gasteiger partial charge on any atom is 0.261 e. The highest BCUT2D eigenvalue weighted by molar-refractivity contribution is 7.89. The molecule has 0 spiro atoms. The number of amides is 2. The first-order valence-corrected chi connectivity index (χ1v) is 14.0. The molecule has 9 nitrogen and oxygen atoms in total. The number of likely N-dealkylation sites (tertiary alicyclic amines) is 1. The van der Waals surface area contributed by atoms with Gasteiger partial charge in [0.25, 0.3) is 5.91 Å². The maximum atomic E-state index is 14.6. The van der Waals surface area contributed by atoms with Crippen molar-refractivity contribution in [2.24, 2.45) is 0 Å². The van der Waals surface area contributed by atoms with Crippen LogP contribution in [0, 0.1) is 5.82 Å². The first-order valence-electron chi connectivity index (χ1n) is 11.3. The molecule has 1 aliphatic heterocycles. The van der Waals surface area contributed by atoms with Crippen LogP contribution in [0.1, 0.15) is 22.5 Å². The number of aromatic nitrogens is 1. The van der Waals surface area contributed by atoms with Crippen molar-refractivity contribution in [3.05, 3.63) is 63.7 Å². The molecule has 0 bridgehead atoms. The minimum Gasteiger partial charge on any atom is -0.495 e. The molecule has 2 aromatic heterocycles. The van der Waals surface area contributed by atoms with E-state index in [1.54, 1.807) is 24.3 Å². The number of methoxy groups -OCH3 is 1. The summed E-state index contributed by atoms with van der Waals surface area (Å²) in [6.45, 7) is 0.616. The maximum absolute atomic E-state index is 14.6. The molecule has 196 valence electrons. The quantitative estimate of drug-likeness (QED) is 0.410. The Morgan fingerprint density at radius 1 is 1.22 bits per heavy atom. The molecular weight excluding hydrogens is 543 g/mol. The topological polar surface area (TPSA) is 118 Å². The van der Waals surface area contributed by atoms with E-state index >= 15 is 0 Å². The van der Waals surface area contributed by atoms with Gasteiger partial charge >= 0.3 is 0 Å². The second-order valence-corrected chi connectivity index (χ2v) is 11.6. The van der Waals surface area contributed by atoms with Gasteiger partial charge in [-0.2, -0.15) is 4.72 Å². The minimum atomic E-state index is -4.50. The summed E-state index contributed by atoms with van der Waals surface area (Å²) in [6.07, 6.45) is 3.06. The molecule has 2 N–H and O–H groups in total. The van der Waals surface area contributed by atoms with E-state index in [1.165, 1.54) is 24.3 Å². The van der Waals surface area contributed by atoms with Crippen LogP contribution in [-0.2, 0) is 14.8 Å². The van der Waals surface area contributed by atoms with Crippen molar-refractivity contribution in [1.82, 2.24) is 19.9 Å². The molecule has 0 unspecified atom stereocenters. The van der Waals surface area contributed by atoms with E-state index in [4.69, 9.17) is 16.3 Å². The number of thiophene rings is 1. The van der Waals surface area contributed by atoms with Gasteiger partial charge in [-0.1, -0.05) is 17.7 Å². The van der Waals surface area contributed by atoms with Crippen LogP contribution in [0.5, 0.6) is 5.75 Å². The highest BCUT2D eigenvalue weighted by Gasteiger charge is 2.33. The molecule has 1 aliphatic rings. The van der Waals surface area contributed by atoms with Gasteiger partial charge in [0, 0.05) is 31.4 Å². The number of sulfonamides is 1. The summed E-state index contributed by atoms with van der Waals surface area (Å²) in [5.41, 5.74) is 0.440. The van der Waals surface area contributed by atoms with Crippen molar-refractivity contribution in [2.45, 2.75) is 23.8 Å². The van der Waals surface area contributed by atoms with Crippen LogP contribution in [0.15, 0.2) is 53.6 Å². The van der Waals surface area contributed by atoms with Gasteiger partial charge in [0.15, 0.2) is 0 Å². The second kappa shape index (κ2) is 11.5. The fourth-order valence-electron chi connectivity index (χ4n) is 4.00. The van der Waals surface area contributed by atoms with Gasteiger partial charge < -0.3 is 15.0 Å². The van der Waals surface area contributed by atoms with Crippen LogP contribution in [-0.4, -0.2) is 62.9 Å². The Labute approximate surface area is 222 Å². The Morgan fingerprint density at radius 3 is 2.59 bits per heavy atom. The third-order valence-corrected chi connectivity index (χ3v) is 8.44. The normalized spacial score (nSPS) is 14.4. The van der Waals surface area contributed by atoms with E-state index in [2.05, 4.69) is 15.0 Å². The number of hydrogen-bond acceptors (Lipinski definition) is 7. The predicted molar refractivity (Wildman–Crippen MR) is 138 cm³/mol. The Morgan fingerprint density at radius 2 is 1.97 bits per heavy atom. The van der Waals surface area contributed by atoms with Crippen LogP contribution in [0.4, 0.5) is 4.39 Å². The van der Waals surface area contributed by atoms with E-state index in [0.717, 1.165) is 36.3 Å². The van der Waals surface area contributed by atoms with E-state index < -0.39 is 38.6 Å². The highest BCUT2D eigenvalue weighted by Crippen LogP contribution is 2.36. The number of halogens is 2. The van der Waals surface area contributed by atoms with Crippen LogP contribution < -0.4 is 14.8 Å². The van der Waals surface area contributed by atoms with Gasteiger partial charge in [-0.3, -0.25) is 14.6 Å². The third kappa shape index (κ3) is 6.27. The Hall–Kier alpha value is -3.06. The van der Waals surface area contributed by atoms with Gasteiger partial charge in [-0.25, -0.2) is 12.8 Å². The molecule has 3 heterocycles. The van der Waals surface area contributed by atoms with Gasteiger partial charge in [0.1, 0.15) is 22.5 Å². The summed E-state index contributed by atoms with van der Waals surface area (Å²) in [7, 11) is -3.24. The number of hydrogen-bond donors (Lipinski definition) is 2. The predicted octanol–water partition coefficient (Wildman–Crippen LogP) is 3.31. The Balaban J connectivity index is 1.65. The van der Waals surface area contributed by atoms with Crippen molar-refractivity contribution in [3.63, 3.8) is 0 Å².